The molecule has 1 heterocycles. The molecular weight excluding hydrogens is 272 g/mol. The second kappa shape index (κ2) is 6.87. The number of nitrogen functional groups attached to an aromatic ring is 1. The summed E-state index contributed by atoms with van der Waals surface area (Å²) in [5.74, 6) is -0.361. The summed E-state index contributed by atoms with van der Waals surface area (Å²) in [4.78, 5) is 12.0. The van der Waals surface area contributed by atoms with Crippen LogP contribution in [0.25, 0.3) is 5.69 Å². The lowest BCUT2D eigenvalue weighted by molar-refractivity contribution is 0.0834. The van der Waals surface area contributed by atoms with Crippen molar-refractivity contribution in [1.82, 2.24) is 15.1 Å². The number of rotatable bonds is 6. The van der Waals surface area contributed by atoms with Gasteiger partial charge in [-0.25, -0.2) is 4.68 Å². The van der Waals surface area contributed by atoms with E-state index in [2.05, 4.69) is 10.4 Å². The van der Waals surface area contributed by atoms with Crippen molar-refractivity contribution in [3.05, 3.63) is 42.2 Å². The molecule has 112 valence electrons. The molecule has 1 amide bonds. The maximum Gasteiger partial charge on any atom is 0.272 e. The number of anilines is 1. The third-order valence-electron chi connectivity index (χ3n) is 2.90. The molecule has 21 heavy (non-hydrogen) atoms. The highest BCUT2D eigenvalue weighted by atomic mass is 16.5. The molecule has 1 aromatic heterocycles. The van der Waals surface area contributed by atoms with Crippen LogP contribution in [0.2, 0.25) is 0 Å². The number of nitrogens with two attached hydrogens (primary N) is 1. The van der Waals surface area contributed by atoms with E-state index in [0.717, 1.165) is 5.69 Å². The molecule has 1 unspecified atom stereocenters. The molecule has 0 aliphatic carbocycles. The first-order valence-electron chi connectivity index (χ1n) is 6.46. The van der Waals surface area contributed by atoms with Crippen LogP contribution in [0.1, 0.15) is 10.5 Å². The van der Waals surface area contributed by atoms with Gasteiger partial charge in [-0.05, 0) is 30.3 Å². The number of carbonyl (C=O) groups excluding carboxylic acids is 1. The van der Waals surface area contributed by atoms with Crippen molar-refractivity contribution in [3.63, 3.8) is 0 Å². The smallest absolute Gasteiger partial charge is 0.272 e. The molecule has 2 rings (SSSR count). The fourth-order valence-electron chi connectivity index (χ4n) is 1.82. The lowest BCUT2D eigenvalue weighted by atomic mass is 10.3. The van der Waals surface area contributed by atoms with E-state index in [1.54, 1.807) is 29.1 Å². The highest BCUT2D eigenvalue weighted by Crippen LogP contribution is 2.10. The second-order valence-corrected chi connectivity index (χ2v) is 4.55. The number of hydrogen-bond donors (Lipinski definition) is 3. The van der Waals surface area contributed by atoms with Crippen LogP contribution in [-0.4, -0.2) is 47.2 Å². The van der Waals surface area contributed by atoms with Gasteiger partial charge in [-0.2, -0.15) is 5.10 Å². The molecule has 0 saturated heterocycles. The van der Waals surface area contributed by atoms with E-state index in [0.29, 0.717) is 5.69 Å². The summed E-state index contributed by atoms with van der Waals surface area (Å²) in [7, 11) is 1.50. The molecule has 7 nitrogen and oxygen atoms in total. The van der Waals surface area contributed by atoms with Crippen molar-refractivity contribution in [3.8, 4) is 5.69 Å². The third-order valence-corrected chi connectivity index (χ3v) is 2.90. The first-order valence-corrected chi connectivity index (χ1v) is 6.46. The number of aliphatic hydroxyl groups excluding tert-OH is 1. The summed E-state index contributed by atoms with van der Waals surface area (Å²) in [5.41, 5.74) is 7.36. The number of methoxy groups -OCH3 is 1. The summed E-state index contributed by atoms with van der Waals surface area (Å²) >= 11 is 0. The lowest BCUT2D eigenvalue weighted by Gasteiger charge is -2.13. The predicted molar refractivity (Wildman–Crippen MR) is 78.2 cm³/mol. The maximum absolute atomic E-state index is 12.0. The van der Waals surface area contributed by atoms with Crippen molar-refractivity contribution in [2.75, 3.05) is 26.1 Å². The highest BCUT2D eigenvalue weighted by Gasteiger charge is 2.15. The number of nitrogens with one attached hydrogen (secondary N) is 1. The molecule has 7 heteroatoms. The van der Waals surface area contributed by atoms with E-state index in [-0.39, 0.29) is 24.8 Å². The SMILES string of the molecule is COCC(CO)NC(=O)c1ccn(-c2ccc(N)cc2)n1. The molecule has 0 aliphatic heterocycles. The first-order chi connectivity index (χ1) is 10.1. The van der Waals surface area contributed by atoms with Gasteiger partial charge in [0.1, 0.15) is 0 Å². The van der Waals surface area contributed by atoms with E-state index in [1.807, 2.05) is 12.1 Å². The van der Waals surface area contributed by atoms with E-state index in [9.17, 15) is 4.79 Å². The number of hydrogen-bond acceptors (Lipinski definition) is 5. The lowest BCUT2D eigenvalue weighted by Crippen LogP contribution is -2.40. The number of nitrogens with zero attached hydrogens (tertiary/aromatic N) is 2. The molecule has 0 saturated carbocycles. The topological polar surface area (TPSA) is 102 Å². The number of ether oxygens (including phenoxy) is 1. The largest absolute Gasteiger partial charge is 0.399 e. The van der Waals surface area contributed by atoms with Gasteiger partial charge < -0.3 is 20.9 Å². The fourth-order valence-corrected chi connectivity index (χ4v) is 1.82. The molecule has 1 aromatic carbocycles. The fraction of sp³-hybridized carbons (Fsp3) is 0.286. The zero-order valence-corrected chi connectivity index (χ0v) is 11.7. The summed E-state index contributed by atoms with van der Waals surface area (Å²) in [6.45, 7) is 0.0408. The number of carbonyl (C=O) groups is 1. The standard InChI is InChI=1S/C14H18N4O3/c1-21-9-11(8-19)16-14(20)13-6-7-18(17-13)12-4-2-10(15)3-5-12/h2-7,11,19H,8-9,15H2,1H3,(H,16,20). The number of aliphatic hydroxyl groups is 1. The molecule has 0 bridgehead atoms. The molecule has 0 fully saturated rings. The zero-order chi connectivity index (χ0) is 15.2. The van der Waals surface area contributed by atoms with Crippen LogP contribution in [0.5, 0.6) is 0 Å². The summed E-state index contributed by atoms with van der Waals surface area (Å²) in [6.07, 6.45) is 1.69. The van der Waals surface area contributed by atoms with Gasteiger partial charge >= 0.3 is 0 Å². The number of benzene rings is 1. The van der Waals surface area contributed by atoms with Gasteiger partial charge in [-0.1, -0.05) is 0 Å². The minimum atomic E-state index is -0.454. The number of aromatic nitrogens is 2. The van der Waals surface area contributed by atoms with Gasteiger partial charge in [-0.15, -0.1) is 0 Å². The Labute approximate surface area is 122 Å². The van der Waals surface area contributed by atoms with Crippen LogP contribution in [0.15, 0.2) is 36.5 Å². The molecular formula is C14H18N4O3. The van der Waals surface area contributed by atoms with Crippen LogP contribution in [0, 0.1) is 0 Å². The van der Waals surface area contributed by atoms with E-state index < -0.39 is 6.04 Å². The van der Waals surface area contributed by atoms with E-state index >= 15 is 0 Å². The van der Waals surface area contributed by atoms with Crippen molar-refractivity contribution in [2.24, 2.45) is 0 Å². The van der Waals surface area contributed by atoms with Crippen molar-refractivity contribution in [1.29, 1.82) is 0 Å². The van der Waals surface area contributed by atoms with Crippen LogP contribution in [0.4, 0.5) is 5.69 Å². The third kappa shape index (κ3) is 3.80. The van der Waals surface area contributed by atoms with Gasteiger partial charge in [0.15, 0.2) is 5.69 Å². The molecule has 0 aliphatic rings. The normalized spacial score (nSPS) is 12.1. The average molecular weight is 290 g/mol. The molecule has 0 radical (unpaired) electrons. The Morgan fingerprint density at radius 2 is 2.14 bits per heavy atom. The van der Waals surface area contributed by atoms with Gasteiger partial charge in [0.2, 0.25) is 0 Å². The predicted octanol–water partition coefficient (Wildman–Crippen LogP) is 0.192. The van der Waals surface area contributed by atoms with E-state index in [1.165, 1.54) is 7.11 Å². The molecule has 0 spiro atoms. The minimum Gasteiger partial charge on any atom is -0.399 e. The summed E-state index contributed by atoms with van der Waals surface area (Å²) < 4.78 is 6.49. The Bertz CT molecular complexity index is 595. The summed E-state index contributed by atoms with van der Waals surface area (Å²) in [5, 5.41) is 16.0. The quantitative estimate of drug-likeness (QED) is 0.659. The minimum absolute atomic E-state index is 0.196. The van der Waals surface area contributed by atoms with Crippen LogP contribution < -0.4 is 11.1 Å². The monoisotopic (exact) mass is 290 g/mol. The van der Waals surface area contributed by atoms with Gasteiger partial charge in [0.05, 0.1) is 24.9 Å². The Balaban J connectivity index is 2.08. The van der Waals surface area contributed by atoms with Crippen molar-refractivity contribution < 1.29 is 14.6 Å². The molecule has 4 N–H and O–H groups in total. The Morgan fingerprint density at radius 3 is 2.76 bits per heavy atom. The van der Waals surface area contributed by atoms with Crippen LogP contribution in [-0.2, 0) is 4.74 Å². The Hall–Kier alpha value is -2.38. The Morgan fingerprint density at radius 1 is 1.43 bits per heavy atom. The van der Waals surface area contributed by atoms with Gasteiger partial charge in [0, 0.05) is 19.0 Å². The average Bonchev–Trinajstić information content (AvgIpc) is 2.97. The second-order valence-electron chi connectivity index (χ2n) is 4.55. The van der Waals surface area contributed by atoms with Gasteiger partial charge in [0.25, 0.3) is 5.91 Å². The highest BCUT2D eigenvalue weighted by molar-refractivity contribution is 5.92. The maximum atomic E-state index is 12.0. The first kappa shape index (κ1) is 15.0. The molecule has 2 aromatic rings. The van der Waals surface area contributed by atoms with Crippen molar-refractivity contribution >= 4 is 11.6 Å². The van der Waals surface area contributed by atoms with Gasteiger partial charge in [-0.3, -0.25) is 4.79 Å². The molecule has 1 atom stereocenters. The van der Waals surface area contributed by atoms with E-state index in [4.69, 9.17) is 15.6 Å². The van der Waals surface area contributed by atoms with Crippen molar-refractivity contribution in [2.45, 2.75) is 6.04 Å². The Kier molecular flexibility index (Phi) is 4.91. The zero-order valence-electron chi connectivity index (χ0n) is 11.7. The summed E-state index contributed by atoms with van der Waals surface area (Å²) in [6, 6.07) is 8.29. The number of amides is 1. The van der Waals surface area contributed by atoms with Crippen LogP contribution in [0.3, 0.4) is 0 Å². The van der Waals surface area contributed by atoms with Crippen LogP contribution >= 0.6 is 0 Å².